The Bertz CT molecular complexity index is 2580. The summed E-state index contributed by atoms with van der Waals surface area (Å²) in [4.78, 5) is 29.6. The molecule has 1 N–H and O–H groups in total. The van der Waals surface area contributed by atoms with Crippen LogP contribution in [0.3, 0.4) is 0 Å². The number of nitrogens with zero attached hydrogens (tertiary/aromatic N) is 5. The minimum absolute atomic E-state index is 0.0255. The summed E-state index contributed by atoms with van der Waals surface area (Å²) in [5.74, 6) is -0.202. The van der Waals surface area contributed by atoms with Gasteiger partial charge in [-0.1, -0.05) is 29.3 Å². The third kappa shape index (κ3) is 7.13. The zero-order chi connectivity index (χ0) is 41.2. The van der Waals surface area contributed by atoms with Crippen molar-refractivity contribution in [2.45, 2.75) is 98.2 Å². The molecule has 0 aliphatic carbocycles. The van der Waals surface area contributed by atoms with Gasteiger partial charge in [0.25, 0.3) is 0 Å². The number of aromatic nitrogens is 4. The SMILES string of the molecule is Cc1cc(OCCCc2c3n(c4c(-c5c(C)nn(C)c5C)c(Cl)ccc24)[C@H](C)CC(CCc2cn(C[C@@H]4CCCN4C)c4ccc(C(=O)O)cc24)C3=O)cc(C)c1Cl. The number of carbonyl (C=O) groups excluding carboxylic acids is 1. The maximum atomic E-state index is 15.1. The smallest absolute Gasteiger partial charge is 0.335 e. The molecule has 0 amide bonds. The van der Waals surface area contributed by atoms with Crippen molar-refractivity contribution in [3.8, 4) is 16.9 Å². The highest BCUT2D eigenvalue weighted by atomic mass is 35.5. The molecule has 3 aromatic carbocycles. The van der Waals surface area contributed by atoms with Gasteiger partial charge >= 0.3 is 5.97 Å². The Labute approximate surface area is 350 Å². The molecular formula is C47H53Cl2N5O4. The fourth-order valence-corrected chi connectivity index (χ4v) is 10.3. The van der Waals surface area contributed by atoms with Crippen LogP contribution >= 0.6 is 23.2 Å². The molecule has 3 aromatic heterocycles. The lowest BCUT2D eigenvalue weighted by Crippen LogP contribution is -2.30. The Morgan fingerprint density at radius 3 is 2.41 bits per heavy atom. The number of rotatable bonds is 12. The Balaban J connectivity index is 1.15. The van der Waals surface area contributed by atoms with Crippen LogP contribution in [0, 0.1) is 33.6 Å². The van der Waals surface area contributed by atoms with Crippen molar-refractivity contribution in [3.63, 3.8) is 0 Å². The molecular weight excluding hydrogens is 769 g/mol. The molecule has 3 atom stereocenters. The number of benzene rings is 3. The van der Waals surface area contributed by atoms with Crippen LogP contribution in [0.4, 0.5) is 0 Å². The number of hydrogen-bond acceptors (Lipinski definition) is 5. The van der Waals surface area contributed by atoms with E-state index in [2.05, 4.69) is 47.2 Å². The molecule has 58 heavy (non-hydrogen) atoms. The van der Waals surface area contributed by atoms with E-state index in [0.717, 1.165) is 103 Å². The fraction of sp³-hybridized carbons (Fsp3) is 0.426. The van der Waals surface area contributed by atoms with Gasteiger partial charge in [0.05, 0.1) is 34.1 Å². The van der Waals surface area contributed by atoms with Crippen molar-refractivity contribution < 1.29 is 19.4 Å². The number of halogens is 2. The van der Waals surface area contributed by atoms with Crippen molar-refractivity contribution in [2.24, 2.45) is 13.0 Å². The van der Waals surface area contributed by atoms with E-state index < -0.39 is 5.97 Å². The number of likely N-dealkylation sites (tertiary alicyclic amines) is 1. The van der Waals surface area contributed by atoms with Crippen LogP contribution in [0.1, 0.15) is 99.6 Å². The first-order valence-corrected chi connectivity index (χ1v) is 21.3. The number of fused-ring (bicyclic) bond motifs is 4. The molecule has 8 rings (SSSR count). The lowest BCUT2D eigenvalue weighted by Gasteiger charge is -2.30. The summed E-state index contributed by atoms with van der Waals surface area (Å²) in [7, 11) is 4.13. The molecule has 0 saturated carbocycles. The largest absolute Gasteiger partial charge is 0.494 e. The zero-order valence-electron chi connectivity index (χ0n) is 34.6. The van der Waals surface area contributed by atoms with Crippen LogP contribution in [0.5, 0.6) is 5.75 Å². The monoisotopic (exact) mass is 821 g/mol. The quantitative estimate of drug-likeness (QED) is 0.124. The van der Waals surface area contributed by atoms with Gasteiger partial charge in [0.15, 0.2) is 5.78 Å². The average molecular weight is 823 g/mol. The van der Waals surface area contributed by atoms with E-state index >= 15 is 4.79 Å². The maximum Gasteiger partial charge on any atom is 0.335 e. The molecule has 9 nitrogen and oxygen atoms in total. The van der Waals surface area contributed by atoms with Crippen molar-refractivity contribution >= 4 is 56.8 Å². The first-order chi connectivity index (χ1) is 27.7. The number of ketones is 1. The van der Waals surface area contributed by atoms with Crippen LogP contribution in [-0.2, 0) is 26.4 Å². The third-order valence-corrected chi connectivity index (χ3v) is 13.9. The summed E-state index contributed by atoms with van der Waals surface area (Å²) in [6.07, 6.45) is 7.92. The van der Waals surface area contributed by atoms with Gasteiger partial charge in [0.1, 0.15) is 5.75 Å². The standard InChI is InChI=1S/C47H53Cl2N5O4/c1-26-20-35(21-27(2)43(26)49)58-19-9-11-36-37-15-16-39(48)42(41-29(4)50-52(7)30(41)5)44(37)54-28(3)22-31(46(55)45(36)54)12-13-33-24-53(25-34-10-8-18-51(34)6)40-17-14-32(47(56)57)23-38(33)40/h14-17,20-21,23-24,28,31,34H,8-13,18-19,22,25H2,1-7H3,(H,56,57)/t28-,31?,34+/m1/s1. The third-order valence-electron chi connectivity index (χ3n) is 13.0. The Hall–Kier alpha value is -4.57. The number of aromatic carboxylic acids is 1. The number of carboxylic acids is 1. The van der Waals surface area contributed by atoms with Gasteiger partial charge in [-0.2, -0.15) is 5.10 Å². The van der Waals surface area contributed by atoms with Crippen LogP contribution in [0.15, 0.2) is 48.7 Å². The molecule has 304 valence electrons. The molecule has 0 radical (unpaired) electrons. The van der Waals surface area contributed by atoms with E-state index in [1.807, 2.05) is 62.8 Å². The summed E-state index contributed by atoms with van der Waals surface area (Å²) in [5, 5.41) is 18.0. The second-order valence-corrected chi connectivity index (χ2v) is 17.6. The minimum Gasteiger partial charge on any atom is -0.494 e. The zero-order valence-corrected chi connectivity index (χ0v) is 36.1. The van der Waals surface area contributed by atoms with Crippen molar-refractivity contribution in [3.05, 3.63) is 104 Å². The molecule has 0 bridgehead atoms. The van der Waals surface area contributed by atoms with Gasteiger partial charge in [-0.15, -0.1) is 0 Å². The lowest BCUT2D eigenvalue weighted by atomic mass is 9.84. The van der Waals surface area contributed by atoms with Gasteiger partial charge < -0.3 is 23.9 Å². The predicted molar refractivity (Wildman–Crippen MR) is 233 cm³/mol. The van der Waals surface area contributed by atoms with Crippen LogP contribution in [0.2, 0.25) is 10.0 Å². The Kier molecular flexibility index (Phi) is 11.0. The molecule has 2 aliphatic rings. The molecule has 6 aromatic rings. The number of ether oxygens (including phenoxy) is 1. The number of aryl methyl sites for hydroxylation is 6. The second kappa shape index (κ2) is 15.9. The van der Waals surface area contributed by atoms with Crippen molar-refractivity contribution in [1.82, 2.24) is 23.8 Å². The van der Waals surface area contributed by atoms with Gasteiger partial charge in [-0.3, -0.25) is 9.48 Å². The number of likely N-dealkylation sites (N-methyl/N-ethyl adjacent to an activating group) is 1. The van der Waals surface area contributed by atoms with Crippen molar-refractivity contribution in [1.29, 1.82) is 0 Å². The molecule has 0 spiro atoms. The summed E-state index contributed by atoms with van der Waals surface area (Å²) < 4.78 is 12.7. The first kappa shape index (κ1) is 40.2. The molecule has 1 unspecified atom stereocenters. The highest BCUT2D eigenvalue weighted by Crippen LogP contribution is 2.47. The fourth-order valence-electron chi connectivity index (χ4n) is 9.90. The predicted octanol–water partition coefficient (Wildman–Crippen LogP) is 10.7. The summed E-state index contributed by atoms with van der Waals surface area (Å²) in [6, 6.07) is 13.9. The minimum atomic E-state index is -0.937. The maximum absolute atomic E-state index is 15.1. The van der Waals surface area contributed by atoms with Crippen LogP contribution in [0.25, 0.3) is 32.9 Å². The number of hydrogen-bond donors (Lipinski definition) is 1. The number of carboxylic acid groups (broad SMARTS) is 1. The van der Waals surface area contributed by atoms with Gasteiger partial charge in [-0.25, -0.2) is 4.79 Å². The average Bonchev–Trinajstić information content (AvgIpc) is 3.92. The highest BCUT2D eigenvalue weighted by molar-refractivity contribution is 6.35. The Morgan fingerprint density at radius 1 is 0.983 bits per heavy atom. The van der Waals surface area contributed by atoms with Gasteiger partial charge in [0, 0.05) is 75.9 Å². The van der Waals surface area contributed by atoms with E-state index in [9.17, 15) is 9.90 Å². The van der Waals surface area contributed by atoms with Crippen LogP contribution < -0.4 is 4.74 Å². The molecule has 11 heteroatoms. The molecule has 5 heterocycles. The highest BCUT2D eigenvalue weighted by Gasteiger charge is 2.37. The van der Waals surface area contributed by atoms with E-state index in [4.69, 9.17) is 33.0 Å². The number of Topliss-reactive ketones (excluding diaryl/α,β-unsaturated/α-hetero) is 1. The van der Waals surface area contributed by atoms with E-state index in [0.29, 0.717) is 49.8 Å². The van der Waals surface area contributed by atoms with Crippen molar-refractivity contribution in [2.75, 3.05) is 20.2 Å². The van der Waals surface area contributed by atoms with Gasteiger partial charge in [0.2, 0.25) is 0 Å². The molecule has 2 aliphatic heterocycles. The summed E-state index contributed by atoms with van der Waals surface area (Å²) >= 11 is 13.6. The molecule has 1 saturated heterocycles. The second-order valence-electron chi connectivity index (χ2n) is 16.8. The van der Waals surface area contributed by atoms with E-state index in [1.54, 1.807) is 6.07 Å². The van der Waals surface area contributed by atoms with Gasteiger partial charge in [-0.05, 0) is 152 Å². The topological polar surface area (TPSA) is 94.5 Å². The summed E-state index contributed by atoms with van der Waals surface area (Å²) in [5.41, 5.74) is 11.0. The Morgan fingerprint density at radius 2 is 1.74 bits per heavy atom. The number of carbonyl (C=O) groups is 2. The summed E-state index contributed by atoms with van der Waals surface area (Å²) in [6.45, 7) is 12.7. The van der Waals surface area contributed by atoms with E-state index in [1.165, 1.54) is 6.42 Å². The normalized spacial score (nSPS) is 18.5. The van der Waals surface area contributed by atoms with Crippen LogP contribution in [-0.4, -0.2) is 66.9 Å². The molecule has 1 fully saturated rings. The van der Waals surface area contributed by atoms with E-state index in [-0.39, 0.29) is 23.3 Å². The lowest BCUT2D eigenvalue weighted by molar-refractivity contribution is 0.0696. The first-order valence-electron chi connectivity index (χ1n) is 20.6.